The van der Waals surface area contributed by atoms with Crippen LogP contribution < -0.4 is 5.32 Å². The summed E-state index contributed by atoms with van der Waals surface area (Å²) in [4.78, 5) is 15.8. The number of hydrogen-bond acceptors (Lipinski definition) is 3. The van der Waals surface area contributed by atoms with Crippen LogP contribution in [0.15, 0.2) is 42.7 Å². The van der Waals surface area contributed by atoms with E-state index in [1.807, 2.05) is 37.3 Å². The molecule has 1 aromatic carbocycles. The molecule has 1 amide bonds. The third-order valence-electron chi connectivity index (χ3n) is 2.44. The van der Waals surface area contributed by atoms with E-state index in [4.69, 9.17) is 5.26 Å². The molecule has 1 heterocycles. The van der Waals surface area contributed by atoms with Crippen molar-refractivity contribution in [2.24, 2.45) is 0 Å². The van der Waals surface area contributed by atoms with Gasteiger partial charge in [-0.05, 0) is 25.1 Å². The van der Waals surface area contributed by atoms with E-state index in [-0.39, 0.29) is 5.91 Å². The van der Waals surface area contributed by atoms with Gasteiger partial charge in [0.15, 0.2) is 0 Å². The van der Waals surface area contributed by atoms with Crippen molar-refractivity contribution >= 4 is 11.6 Å². The molecule has 0 spiro atoms. The molecule has 0 radical (unpaired) electrons. The summed E-state index contributed by atoms with van der Waals surface area (Å²) in [7, 11) is 0. The van der Waals surface area contributed by atoms with Crippen molar-refractivity contribution in [3.05, 3.63) is 59.4 Å². The quantitative estimate of drug-likeness (QED) is 0.872. The summed E-state index contributed by atoms with van der Waals surface area (Å²) in [5, 5.41) is 11.5. The Morgan fingerprint density at radius 3 is 2.67 bits per heavy atom. The van der Waals surface area contributed by atoms with E-state index >= 15 is 0 Å². The standard InChI is InChI=1S/C14H11N3O/c1-10-2-4-13(5-3-10)17-14(18)12-6-11(7-15)8-16-9-12/h2-6,8-9H,1H3,(H,17,18). The van der Waals surface area contributed by atoms with Crippen LogP contribution in [-0.4, -0.2) is 10.9 Å². The van der Waals surface area contributed by atoms with Crippen LogP contribution in [0.3, 0.4) is 0 Å². The van der Waals surface area contributed by atoms with Gasteiger partial charge in [-0.3, -0.25) is 9.78 Å². The zero-order valence-corrected chi connectivity index (χ0v) is 9.84. The van der Waals surface area contributed by atoms with Crippen molar-refractivity contribution in [1.82, 2.24) is 4.98 Å². The number of aryl methyl sites for hydroxylation is 1. The molecule has 0 saturated heterocycles. The highest BCUT2D eigenvalue weighted by Crippen LogP contribution is 2.11. The Morgan fingerprint density at radius 1 is 1.28 bits per heavy atom. The van der Waals surface area contributed by atoms with E-state index in [1.54, 1.807) is 0 Å². The van der Waals surface area contributed by atoms with Crippen LogP contribution in [-0.2, 0) is 0 Å². The van der Waals surface area contributed by atoms with Crippen LogP contribution in [0.5, 0.6) is 0 Å². The van der Waals surface area contributed by atoms with Gasteiger partial charge in [0.2, 0.25) is 0 Å². The van der Waals surface area contributed by atoms with Crippen LogP contribution in [0.25, 0.3) is 0 Å². The number of nitrogens with zero attached hydrogens (tertiary/aromatic N) is 2. The van der Waals surface area contributed by atoms with E-state index in [2.05, 4.69) is 10.3 Å². The van der Waals surface area contributed by atoms with Gasteiger partial charge in [-0.15, -0.1) is 0 Å². The predicted octanol–water partition coefficient (Wildman–Crippen LogP) is 2.51. The van der Waals surface area contributed by atoms with E-state index in [0.717, 1.165) is 5.56 Å². The highest BCUT2D eigenvalue weighted by atomic mass is 16.1. The highest BCUT2D eigenvalue weighted by Gasteiger charge is 2.07. The summed E-state index contributed by atoms with van der Waals surface area (Å²) in [6.45, 7) is 1.98. The Bertz CT molecular complexity index is 612. The Morgan fingerprint density at radius 2 is 2.00 bits per heavy atom. The van der Waals surface area contributed by atoms with E-state index in [1.165, 1.54) is 18.5 Å². The lowest BCUT2D eigenvalue weighted by Gasteiger charge is -2.05. The Hall–Kier alpha value is -2.67. The number of benzene rings is 1. The molecule has 1 aromatic heterocycles. The summed E-state index contributed by atoms with van der Waals surface area (Å²) in [5.74, 6) is -0.275. The maximum Gasteiger partial charge on any atom is 0.257 e. The molecule has 0 aliphatic carbocycles. The van der Waals surface area contributed by atoms with Crippen molar-refractivity contribution < 1.29 is 4.79 Å². The molecule has 0 saturated carbocycles. The van der Waals surface area contributed by atoms with Crippen LogP contribution in [0.2, 0.25) is 0 Å². The third-order valence-corrected chi connectivity index (χ3v) is 2.44. The molecule has 0 aliphatic heterocycles. The number of anilines is 1. The van der Waals surface area contributed by atoms with Crippen molar-refractivity contribution in [3.63, 3.8) is 0 Å². The molecule has 0 fully saturated rings. The van der Waals surface area contributed by atoms with E-state index < -0.39 is 0 Å². The van der Waals surface area contributed by atoms with Gasteiger partial charge >= 0.3 is 0 Å². The Balaban J connectivity index is 2.17. The minimum absolute atomic E-state index is 0.275. The zero-order chi connectivity index (χ0) is 13.0. The fraction of sp³-hybridized carbons (Fsp3) is 0.0714. The first-order valence-corrected chi connectivity index (χ1v) is 5.42. The van der Waals surface area contributed by atoms with Gasteiger partial charge in [0.05, 0.1) is 11.1 Å². The van der Waals surface area contributed by atoms with Crippen LogP contribution in [0, 0.1) is 18.3 Å². The summed E-state index contributed by atoms with van der Waals surface area (Å²) in [6, 6.07) is 11.0. The molecule has 88 valence electrons. The monoisotopic (exact) mass is 237 g/mol. The highest BCUT2D eigenvalue weighted by molar-refractivity contribution is 6.04. The van der Waals surface area contributed by atoms with Crippen LogP contribution in [0.1, 0.15) is 21.5 Å². The summed E-state index contributed by atoms with van der Waals surface area (Å²) in [6.07, 6.45) is 2.85. The van der Waals surface area contributed by atoms with Crippen molar-refractivity contribution in [2.45, 2.75) is 6.92 Å². The maximum atomic E-state index is 11.9. The average Bonchev–Trinajstić information content (AvgIpc) is 2.41. The SMILES string of the molecule is Cc1ccc(NC(=O)c2cncc(C#N)c2)cc1. The fourth-order valence-electron chi connectivity index (χ4n) is 1.47. The lowest BCUT2D eigenvalue weighted by atomic mass is 10.2. The zero-order valence-electron chi connectivity index (χ0n) is 9.84. The van der Waals surface area contributed by atoms with Crippen LogP contribution in [0.4, 0.5) is 5.69 Å². The third kappa shape index (κ3) is 2.71. The lowest BCUT2D eigenvalue weighted by Crippen LogP contribution is -2.12. The lowest BCUT2D eigenvalue weighted by molar-refractivity contribution is 0.102. The number of nitriles is 1. The number of hydrogen-bond donors (Lipinski definition) is 1. The summed E-state index contributed by atoms with van der Waals surface area (Å²) < 4.78 is 0. The summed E-state index contributed by atoms with van der Waals surface area (Å²) in [5.41, 5.74) is 2.58. The molecule has 0 bridgehead atoms. The first-order valence-electron chi connectivity index (χ1n) is 5.42. The molecule has 2 aromatic rings. The van der Waals surface area contributed by atoms with Crippen LogP contribution >= 0.6 is 0 Å². The molecule has 4 heteroatoms. The molecule has 0 unspecified atom stereocenters. The second-order valence-electron chi connectivity index (χ2n) is 3.89. The second-order valence-corrected chi connectivity index (χ2v) is 3.89. The first-order chi connectivity index (χ1) is 8.69. The molecular weight excluding hydrogens is 226 g/mol. The number of carbonyl (C=O) groups excluding carboxylic acids is 1. The largest absolute Gasteiger partial charge is 0.322 e. The van der Waals surface area contributed by atoms with Crippen molar-refractivity contribution in [1.29, 1.82) is 5.26 Å². The first kappa shape index (κ1) is 11.8. The van der Waals surface area contributed by atoms with Gasteiger partial charge in [0.25, 0.3) is 5.91 Å². The predicted molar refractivity (Wildman–Crippen MR) is 68.1 cm³/mol. The van der Waals surface area contributed by atoms with Gasteiger partial charge in [-0.1, -0.05) is 17.7 Å². The number of amides is 1. The van der Waals surface area contributed by atoms with Gasteiger partial charge in [-0.25, -0.2) is 0 Å². The van der Waals surface area contributed by atoms with Gasteiger partial charge in [0, 0.05) is 18.1 Å². The fourth-order valence-corrected chi connectivity index (χ4v) is 1.47. The normalized spacial score (nSPS) is 9.56. The molecule has 2 rings (SSSR count). The topological polar surface area (TPSA) is 65.8 Å². The minimum atomic E-state index is -0.275. The summed E-state index contributed by atoms with van der Waals surface area (Å²) >= 11 is 0. The number of aromatic nitrogens is 1. The molecule has 4 nitrogen and oxygen atoms in total. The van der Waals surface area contributed by atoms with Crippen molar-refractivity contribution in [2.75, 3.05) is 5.32 Å². The molecular formula is C14H11N3O. The van der Waals surface area contributed by atoms with Gasteiger partial charge in [0.1, 0.15) is 6.07 Å². The van der Waals surface area contributed by atoms with E-state index in [9.17, 15) is 4.79 Å². The van der Waals surface area contributed by atoms with E-state index in [0.29, 0.717) is 16.8 Å². The Kier molecular flexibility index (Phi) is 3.35. The Labute approximate surface area is 105 Å². The molecule has 18 heavy (non-hydrogen) atoms. The maximum absolute atomic E-state index is 11.9. The van der Waals surface area contributed by atoms with Gasteiger partial charge < -0.3 is 5.32 Å². The molecule has 1 N–H and O–H groups in total. The smallest absolute Gasteiger partial charge is 0.257 e. The second kappa shape index (κ2) is 5.11. The number of rotatable bonds is 2. The molecule has 0 atom stereocenters. The number of carbonyl (C=O) groups is 1. The van der Waals surface area contributed by atoms with Gasteiger partial charge in [-0.2, -0.15) is 5.26 Å². The number of nitrogens with one attached hydrogen (secondary N) is 1. The average molecular weight is 237 g/mol. The number of pyridine rings is 1. The van der Waals surface area contributed by atoms with Crippen molar-refractivity contribution in [3.8, 4) is 6.07 Å². The minimum Gasteiger partial charge on any atom is -0.322 e. The molecule has 0 aliphatic rings.